The molecule has 0 unspecified atom stereocenters. The fraction of sp³-hybridized carbons (Fsp3) is 0.700. The Kier molecular flexibility index (Phi) is 10.5. The van der Waals surface area contributed by atoms with Gasteiger partial charge in [-0.05, 0) is 6.42 Å². The van der Waals surface area contributed by atoms with Crippen LogP contribution >= 0.6 is 0 Å². The van der Waals surface area contributed by atoms with Gasteiger partial charge in [-0.1, -0.05) is 19.4 Å². The van der Waals surface area contributed by atoms with Gasteiger partial charge in [0.25, 0.3) is 0 Å². The van der Waals surface area contributed by atoms with E-state index < -0.39 is 60.7 Å². The van der Waals surface area contributed by atoms with Crippen LogP contribution in [0, 0.1) is 0 Å². The number of hydrogen-bond donors (Lipinski definition) is 0. The van der Waals surface area contributed by atoms with Crippen molar-refractivity contribution in [3.8, 4) is 0 Å². The zero-order valence-corrected chi connectivity index (χ0v) is 18.0. The van der Waals surface area contributed by atoms with E-state index in [1.54, 1.807) is 6.08 Å². The average molecular weight is 430 g/mol. The molecule has 0 saturated carbocycles. The van der Waals surface area contributed by atoms with Crippen molar-refractivity contribution < 1.29 is 47.6 Å². The molecule has 1 aliphatic rings. The van der Waals surface area contributed by atoms with Gasteiger partial charge in [0, 0.05) is 27.7 Å². The molecule has 0 amide bonds. The van der Waals surface area contributed by atoms with E-state index in [-0.39, 0.29) is 6.61 Å². The quantitative estimate of drug-likeness (QED) is 0.286. The Morgan fingerprint density at radius 1 is 0.900 bits per heavy atom. The van der Waals surface area contributed by atoms with Gasteiger partial charge in [-0.3, -0.25) is 19.2 Å². The maximum absolute atomic E-state index is 11.7. The minimum absolute atomic E-state index is 0.301. The molecule has 0 aromatic carbocycles. The second kappa shape index (κ2) is 12.3. The maximum Gasteiger partial charge on any atom is 0.303 e. The SMILES string of the molecule is C=C[C@H](CCC)O[C@@H]1O[C@H](COC(C)=O)[C@@H](OC(C)=O)[C@H](OC(C)=O)[C@H]1OC(C)=O. The second-order valence-electron chi connectivity index (χ2n) is 6.77. The molecule has 1 rings (SSSR count). The summed E-state index contributed by atoms with van der Waals surface area (Å²) >= 11 is 0. The summed E-state index contributed by atoms with van der Waals surface area (Å²) < 4.78 is 32.7. The Morgan fingerprint density at radius 3 is 1.90 bits per heavy atom. The molecule has 0 aromatic rings. The molecule has 0 spiro atoms. The molecule has 0 N–H and O–H groups in total. The van der Waals surface area contributed by atoms with Gasteiger partial charge < -0.3 is 28.4 Å². The van der Waals surface area contributed by atoms with E-state index in [4.69, 9.17) is 28.4 Å². The third-order valence-electron chi connectivity index (χ3n) is 4.09. The monoisotopic (exact) mass is 430 g/mol. The summed E-state index contributed by atoms with van der Waals surface area (Å²) in [6.45, 7) is 10.1. The van der Waals surface area contributed by atoms with Gasteiger partial charge >= 0.3 is 23.9 Å². The van der Waals surface area contributed by atoms with Crippen LogP contribution < -0.4 is 0 Å². The number of hydrogen-bond acceptors (Lipinski definition) is 10. The highest BCUT2D eigenvalue weighted by Gasteiger charge is 2.53. The van der Waals surface area contributed by atoms with Crippen LogP contribution in [0.15, 0.2) is 12.7 Å². The molecule has 1 fully saturated rings. The summed E-state index contributed by atoms with van der Waals surface area (Å²) in [5.74, 6) is -2.65. The predicted molar refractivity (Wildman–Crippen MR) is 102 cm³/mol. The first-order valence-electron chi connectivity index (χ1n) is 9.67. The summed E-state index contributed by atoms with van der Waals surface area (Å²) in [6.07, 6.45) is -3.41. The molecule has 0 bridgehead atoms. The Bertz CT molecular complexity index is 631. The first-order chi connectivity index (χ1) is 14.1. The van der Waals surface area contributed by atoms with E-state index >= 15 is 0 Å². The molecule has 0 radical (unpaired) electrons. The van der Waals surface area contributed by atoms with Crippen molar-refractivity contribution in [2.24, 2.45) is 0 Å². The second-order valence-corrected chi connectivity index (χ2v) is 6.77. The Labute approximate surface area is 175 Å². The minimum Gasteiger partial charge on any atom is -0.463 e. The molecule has 170 valence electrons. The normalized spacial score (nSPS) is 26.8. The number of carbonyl (C=O) groups is 4. The van der Waals surface area contributed by atoms with Crippen molar-refractivity contribution in [1.29, 1.82) is 0 Å². The van der Waals surface area contributed by atoms with Crippen LogP contribution in [0.1, 0.15) is 47.5 Å². The first kappa shape index (κ1) is 25.6. The lowest BCUT2D eigenvalue weighted by atomic mass is 9.98. The highest BCUT2D eigenvalue weighted by atomic mass is 16.7. The van der Waals surface area contributed by atoms with Crippen molar-refractivity contribution in [3.63, 3.8) is 0 Å². The molecule has 1 heterocycles. The minimum atomic E-state index is -1.25. The Balaban J connectivity index is 3.33. The fourth-order valence-corrected chi connectivity index (χ4v) is 3.00. The smallest absolute Gasteiger partial charge is 0.303 e. The van der Waals surface area contributed by atoms with Crippen molar-refractivity contribution in [1.82, 2.24) is 0 Å². The molecular weight excluding hydrogens is 400 g/mol. The highest BCUT2D eigenvalue weighted by molar-refractivity contribution is 5.68. The summed E-state index contributed by atoms with van der Waals surface area (Å²) in [4.78, 5) is 46.4. The molecule has 10 nitrogen and oxygen atoms in total. The maximum atomic E-state index is 11.7. The fourth-order valence-electron chi connectivity index (χ4n) is 3.00. The first-order valence-corrected chi connectivity index (χ1v) is 9.67. The number of carbonyl (C=O) groups excluding carboxylic acids is 4. The van der Waals surface area contributed by atoms with Gasteiger partial charge in [0.15, 0.2) is 24.6 Å². The van der Waals surface area contributed by atoms with Gasteiger partial charge in [0.05, 0.1) is 6.10 Å². The molecule has 1 aliphatic heterocycles. The number of ether oxygens (including phenoxy) is 6. The van der Waals surface area contributed by atoms with E-state index in [9.17, 15) is 19.2 Å². The van der Waals surface area contributed by atoms with Gasteiger partial charge in [-0.15, -0.1) is 6.58 Å². The Morgan fingerprint density at radius 2 is 1.43 bits per heavy atom. The van der Waals surface area contributed by atoms with Crippen LogP contribution in [0.5, 0.6) is 0 Å². The van der Waals surface area contributed by atoms with E-state index in [0.29, 0.717) is 6.42 Å². The lowest BCUT2D eigenvalue weighted by Crippen LogP contribution is -2.63. The topological polar surface area (TPSA) is 124 Å². The van der Waals surface area contributed by atoms with Crippen molar-refractivity contribution in [3.05, 3.63) is 12.7 Å². The largest absolute Gasteiger partial charge is 0.463 e. The van der Waals surface area contributed by atoms with Crippen LogP contribution in [-0.2, 0) is 47.6 Å². The predicted octanol–water partition coefficient (Wildman–Crippen LogP) is 1.44. The summed E-state index contributed by atoms with van der Waals surface area (Å²) in [6, 6.07) is 0. The lowest BCUT2D eigenvalue weighted by molar-refractivity contribution is -0.314. The summed E-state index contributed by atoms with van der Waals surface area (Å²) in [5, 5.41) is 0. The van der Waals surface area contributed by atoms with Crippen molar-refractivity contribution >= 4 is 23.9 Å². The van der Waals surface area contributed by atoms with Crippen molar-refractivity contribution in [2.75, 3.05) is 6.61 Å². The van der Waals surface area contributed by atoms with Crippen molar-refractivity contribution in [2.45, 2.75) is 84.3 Å². The standard InChI is InChI=1S/C20H30O10/c1-7-9-15(8-2)29-20-19(28-14(6)24)18(27-13(5)23)17(26-12(4)22)16(30-20)10-25-11(3)21/h8,15-20H,2,7,9-10H2,1,3-6H3/t15-,16-,17-,18+,19-,20-/m1/s1. The lowest BCUT2D eigenvalue weighted by Gasteiger charge is -2.44. The third kappa shape index (κ3) is 8.11. The Hall–Kier alpha value is -2.46. The van der Waals surface area contributed by atoms with Crippen LogP contribution in [0.25, 0.3) is 0 Å². The summed E-state index contributed by atoms with van der Waals surface area (Å²) in [5.41, 5.74) is 0. The number of esters is 4. The highest BCUT2D eigenvalue weighted by Crippen LogP contribution is 2.31. The van der Waals surface area contributed by atoms with Gasteiger partial charge in [-0.2, -0.15) is 0 Å². The van der Waals surface area contributed by atoms with Crippen LogP contribution in [-0.4, -0.2) is 67.3 Å². The third-order valence-corrected chi connectivity index (χ3v) is 4.09. The van der Waals surface area contributed by atoms with Crippen LogP contribution in [0.4, 0.5) is 0 Å². The zero-order chi connectivity index (χ0) is 22.8. The molecule has 0 aliphatic carbocycles. The average Bonchev–Trinajstić information content (AvgIpc) is 2.63. The molecule has 6 atom stereocenters. The van der Waals surface area contributed by atoms with Crippen LogP contribution in [0.2, 0.25) is 0 Å². The molecule has 1 saturated heterocycles. The molecule has 0 aromatic heterocycles. The molecule has 30 heavy (non-hydrogen) atoms. The van der Waals surface area contributed by atoms with Gasteiger partial charge in [0.2, 0.25) is 0 Å². The van der Waals surface area contributed by atoms with Gasteiger partial charge in [0.1, 0.15) is 12.7 Å². The molecule has 10 heteroatoms. The van der Waals surface area contributed by atoms with Gasteiger partial charge in [-0.25, -0.2) is 0 Å². The van der Waals surface area contributed by atoms with E-state index in [1.807, 2.05) is 6.92 Å². The zero-order valence-electron chi connectivity index (χ0n) is 18.0. The van der Waals surface area contributed by atoms with E-state index in [2.05, 4.69) is 6.58 Å². The van der Waals surface area contributed by atoms with E-state index in [0.717, 1.165) is 20.3 Å². The van der Waals surface area contributed by atoms with Crippen LogP contribution in [0.3, 0.4) is 0 Å². The van der Waals surface area contributed by atoms with E-state index in [1.165, 1.54) is 13.8 Å². The number of rotatable bonds is 10. The molecular formula is C20H30O10. The summed E-state index contributed by atoms with van der Waals surface area (Å²) in [7, 11) is 0.